The lowest BCUT2D eigenvalue weighted by molar-refractivity contribution is -0.143. The minimum absolute atomic E-state index is 0.0625. The molecule has 5 nitrogen and oxygen atoms in total. The van der Waals surface area contributed by atoms with Crippen molar-refractivity contribution in [1.82, 2.24) is 5.32 Å². The van der Waals surface area contributed by atoms with E-state index in [0.717, 1.165) is 6.07 Å². The molecule has 0 heterocycles. The number of anilines is 1. The molecule has 1 aromatic rings. The first kappa shape index (κ1) is 13.6. The summed E-state index contributed by atoms with van der Waals surface area (Å²) in [6, 6.07) is 3.01. The zero-order chi connectivity index (χ0) is 14.0. The summed E-state index contributed by atoms with van der Waals surface area (Å²) in [6.07, 6.45) is 1.11. The third-order valence-electron chi connectivity index (χ3n) is 3.07. The summed E-state index contributed by atoms with van der Waals surface area (Å²) in [7, 11) is 0. The minimum atomic E-state index is -0.910. The maximum Gasteiger partial charge on any atom is 0.319 e. The Morgan fingerprint density at radius 3 is 2.63 bits per heavy atom. The average Bonchev–Trinajstić information content (AvgIpc) is 3.11. The van der Waals surface area contributed by atoms with Crippen LogP contribution in [0.25, 0.3) is 0 Å². The standard InChI is InChI=1S/C12H12ClFN2O3/c13-8-5-7(14)1-2-9(8)16-11(19)15-6-12(3-4-12)10(17)18/h1-2,5H,3-4,6H2,(H,17,18)(H2,15,16,19). The normalized spacial score (nSPS) is 15.7. The molecule has 1 fully saturated rings. The summed E-state index contributed by atoms with van der Waals surface area (Å²) in [5, 5.41) is 13.9. The fourth-order valence-electron chi connectivity index (χ4n) is 1.62. The number of halogens is 2. The molecule has 1 saturated carbocycles. The van der Waals surface area contributed by atoms with E-state index in [-0.39, 0.29) is 17.3 Å². The fraction of sp³-hybridized carbons (Fsp3) is 0.333. The van der Waals surface area contributed by atoms with Gasteiger partial charge in [0.05, 0.1) is 16.1 Å². The molecule has 2 rings (SSSR count). The zero-order valence-corrected chi connectivity index (χ0v) is 10.6. The summed E-state index contributed by atoms with van der Waals surface area (Å²) in [4.78, 5) is 22.5. The first-order valence-electron chi connectivity index (χ1n) is 5.66. The number of benzene rings is 1. The van der Waals surface area contributed by atoms with Gasteiger partial charge < -0.3 is 15.7 Å². The van der Waals surface area contributed by atoms with Crippen LogP contribution in [0, 0.1) is 11.2 Å². The van der Waals surface area contributed by atoms with E-state index >= 15 is 0 Å². The predicted octanol–water partition coefficient (Wildman–Crippen LogP) is 2.47. The van der Waals surface area contributed by atoms with Crippen molar-refractivity contribution in [2.75, 3.05) is 11.9 Å². The van der Waals surface area contributed by atoms with E-state index in [9.17, 15) is 14.0 Å². The molecule has 1 aromatic carbocycles. The van der Waals surface area contributed by atoms with Crippen molar-refractivity contribution in [2.24, 2.45) is 5.41 Å². The Hall–Kier alpha value is -1.82. The van der Waals surface area contributed by atoms with Gasteiger partial charge in [-0.3, -0.25) is 4.79 Å². The van der Waals surface area contributed by atoms with Gasteiger partial charge in [0.1, 0.15) is 5.82 Å². The number of hydrogen-bond acceptors (Lipinski definition) is 2. The van der Waals surface area contributed by atoms with Crippen LogP contribution >= 0.6 is 11.6 Å². The SMILES string of the molecule is O=C(NCC1(C(=O)O)CC1)Nc1ccc(F)cc1Cl. The third kappa shape index (κ3) is 3.14. The van der Waals surface area contributed by atoms with Crippen LogP contribution in [0.1, 0.15) is 12.8 Å². The van der Waals surface area contributed by atoms with Crippen LogP contribution in [0.5, 0.6) is 0 Å². The smallest absolute Gasteiger partial charge is 0.319 e. The highest BCUT2D eigenvalue weighted by Gasteiger charge is 2.50. The number of rotatable bonds is 4. The maximum absolute atomic E-state index is 12.8. The lowest BCUT2D eigenvalue weighted by Crippen LogP contribution is -2.36. The minimum Gasteiger partial charge on any atom is -0.481 e. The van der Waals surface area contributed by atoms with Gasteiger partial charge in [-0.05, 0) is 31.0 Å². The second kappa shape index (κ2) is 5.05. The van der Waals surface area contributed by atoms with E-state index in [0.29, 0.717) is 12.8 Å². The molecule has 1 aliphatic carbocycles. The van der Waals surface area contributed by atoms with Gasteiger partial charge in [0.2, 0.25) is 0 Å². The van der Waals surface area contributed by atoms with E-state index in [4.69, 9.17) is 16.7 Å². The molecule has 0 bridgehead atoms. The van der Waals surface area contributed by atoms with Gasteiger partial charge in [0.15, 0.2) is 0 Å². The molecule has 0 spiro atoms. The van der Waals surface area contributed by atoms with Crippen LogP contribution in [-0.4, -0.2) is 23.7 Å². The first-order chi connectivity index (χ1) is 8.93. The van der Waals surface area contributed by atoms with Crippen molar-refractivity contribution in [2.45, 2.75) is 12.8 Å². The van der Waals surface area contributed by atoms with Gasteiger partial charge in [-0.2, -0.15) is 0 Å². The molecule has 2 amide bonds. The summed E-state index contributed by atoms with van der Waals surface area (Å²) in [6.45, 7) is 0.0625. The molecule has 3 N–H and O–H groups in total. The van der Waals surface area contributed by atoms with Crippen LogP contribution in [0.2, 0.25) is 5.02 Å². The summed E-state index contributed by atoms with van der Waals surface area (Å²) in [5.74, 6) is -1.41. The van der Waals surface area contributed by atoms with Gasteiger partial charge in [-0.1, -0.05) is 11.6 Å². The van der Waals surface area contributed by atoms with Crippen molar-refractivity contribution in [1.29, 1.82) is 0 Å². The van der Waals surface area contributed by atoms with Gasteiger partial charge in [-0.15, -0.1) is 0 Å². The van der Waals surface area contributed by atoms with E-state index < -0.39 is 23.2 Å². The molecule has 0 unspecified atom stereocenters. The second-order valence-electron chi connectivity index (χ2n) is 4.52. The number of carbonyl (C=O) groups is 2. The number of hydrogen-bond donors (Lipinski definition) is 3. The van der Waals surface area contributed by atoms with Crippen LogP contribution in [-0.2, 0) is 4.79 Å². The number of carboxylic acid groups (broad SMARTS) is 1. The van der Waals surface area contributed by atoms with E-state index in [1.165, 1.54) is 12.1 Å². The molecule has 7 heteroatoms. The van der Waals surface area contributed by atoms with Crippen LogP contribution in [0.3, 0.4) is 0 Å². The number of amides is 2. The van der Waals surface area contributed by atoms with Crippen LogP contribution in [0.4, 0.5) is 14.9 Å². The highest BCUT2D eigenvalue weighted by atomic mass is 35.5. The zero-order valence-electron chi connectivity index (χ0n) is 9.87. The van der Waals surface area contributed by atoms with Crippen molar-refractivity contribution >= 4 is 29.3 Å². The molecule has 1 aliphatic rings. The van der Waals surface area contributed by atoms with Crippen LogP contribution < -0.4 is 10.6 Å². The van der Waals surface area contributed by atoms with E-state index in [1.54, 1.807) is 0 Å². The van der Waals surface area contributed by atoms with Gasteiger partial charge in [-0.25, -0.2) is 9.18 Å². The molecule has 0 radical (unpaired) electrons. The Kier molecular flexibility index (Phi) is 3.61. The summed E-state index contributed by atoms with van der Waals surface area (Å²) in [5.41, 5.74) is -0.565. The number of nitrogens with one attached hydrogen (secondary N) is 2. The second-order valence-corrected chi connectivity index (χ2v) is 4.92. The third-order valence-corrected chi connectivity index (χ3v) is 3.39. The Morgan fingerprint density at radius 1 is 1.42 bits per heavy atom. The maximum atomic E-state index is 12.8. The van der Waals surface area contributed by atoms with Gasteiger partial charge in [0, 0.05) is 6.54 Å². The average molecular weight is 287 g/mol. The topological polar surface area (TPSA) is 78.4 Å². The number of urea groups is 1. The van der Waals surface area contributed by atoms with Gasteiger partial charge in [0.25, 0.3) is 0 Å². The highest BCUT2D eigenvalue weighted by Crippen LogP contribution is 2.45. The highest BCUT2D eigenvalue weighted by molar-refractivity contribution is 6.33. The van der Waals surface area contributed by atoms with Crippen LogP contribution in [0.15, 0.2) is 18.2 Å². The van der Waals surface area contributed by atoms with Crippen molar-refractivity contribution in [3.63, 3.8) is 0 Å². The summed E-state index contributed by atoms with van der Waals surface area (Å²) < 4.78 is 12.8. The first-order valence-corrected chi connectivity index (χ1v) is 6.04. The Balaban J connectivity index is 1.89. The monoisotopic (exact) mass is 286 g/mol. The lowest BCUT2D eigenvalue weighted by atomic mass is 10.1. The van der Waals surface area contributed by atoms with E-state index in [2.05, 4.69) is 10.6 Å². The molecular weight excluding hydrogens is 275 g/mol. The molecule has 0 saturated heterocycles. The Bertz CT molecular complexity index is 532. The molecule has 0 aliphatic heterocycles. The number of carboxylic acids is 1. The number of aliphatic carboxylic acids is 1. The molecule has 0 atom stereocenters. The van der Waals surface area contributed by atoms with E-state index in [1.807, 2.05) is 0 Å². The van der Waals surface area contributed by atoms with Crippen molar-refractivity contribution in [3.8, 4) is 0 Å². The molecular formula is C12H12ClFN2O3. The van der Waals surface area contributed by atoms with Crippen molar-refractivity contribution in [3.05, 3.63) is 29.0 Å². The Labute approximate surface area is 113 Å². The quantitative estimate of drug-likeness (QED) is 0.795. The molecule has 19 heavy (non-hydrogen) atoms. The van der Waals surface area contributed by atoms with Crippen molar-refractivity contribution < 1.29 is 19.1 Å². The summed E-state index contributed by atoms with van der Waals surface area (Å²) >= 11 is 5.75. The molecule has 0 aromatic heterocycles. The number of carbonyl (C=O) groups excluding carboxylic acids is 1. The molecule has 102 valence electrons. The fourth-order valence-corrected chi connectivity index (χ4v) is 1.84. The van der Waals surface area contributed by atoms with Gasteiger partial charge >= 0.3 is 12.0 Å². The Morgan fingerprint density at radius 2 is 2.11 bits per heavy atom. The predicted molar refractivity (Wildman–Crippen MR) is 67.7 cm³/mol. The lowest BCUT2D eigenvalue weighted by Gasteiger charge is -2.12. The largest absolute Gasteiger partial charge is 0.481 e.